The van der Waals surface area contributed by atoms with Crippen molar-refractivity contribution in [2.75, 3.05) is 53.1 Å². The highest BCUT2D eigenvalue weighted by atomic mass is 127. The van der Waals surface area contributed by atoms with E-state index in [0.717, 1.165) is 62.4 Å². The summed E-state index contributed by atoms with van der Waals surface area (Å²) in [6, 6.07) is 6.42. The number of nitrogens with one attached hydrogen (secondary N) is 2. The molecule has 1 aliphatic rings. The van der Waals surface area contributed by atoms with Crippen LogP contribution in [-0.4, -0.2) is 70.0 Å². The number of morpholine rings is 1. The Morgan fingerprint density at radius 2 is 1.90 bits per heavy atom. The zero-order chi connectivity index (χ0) is 21.1. The standard InChI is InChI=1S/C22H38N4O3.HI/c1-6-23-22(25-16-19(17(3)4)26-10-12-28-13-11-26)24-15-18-8-9-20(29-7-2)21(14-18)27-5;/h8-9,14,17,19H,6-7,10-13,15-16H2,1-5H3,(H2,23,24,25);1H. The van der Waals surface area contributed by atoms with Gasteiger partial charge in [0.1, 0.15) is 0 Å². The van der Waals surface area contributed by atoms with E-state index in [1.54, 1.807) is 7.11 Å². The van der Waals surface area contributed by atoms with Gasteiger partial charge in [0.25, 0.3) is 0 Å². The molecule has 1 heterocycles. The number of aliphatic imine (C=N–C) groups is 1. The molecule has 1 saturated heterocycles. The number of benzene rings is 1. The third-order valence-corrected chi connectivity index (χ3v) is 5.05. The van der Waals surface area contributed by atoms with E-state index in [1.165, 1.54) is 0 Å². The van der Waals surface area contributed by atoms with Crippen molar-refractivity contribution in [3.8, 4) is 11.5 Å². The maximum Gasteiger partial charge on any atom is 0.191 e. The fraction of sp³-hybridized carbons (Fsp3) is 0.682. The van der Waals surface area contributed by atoms with Gasteiger partial charge in [-0.25, -0.2) is 4.99 Å². The molecule has 1 aromatic carbocycles. The Hall–Kier alpha value is -1.26. The second kappa shape index (κ2) is 14.7. The van der Waals surface area contributed by atoms with Crippen molar-refractivity contribution in [3.63, 3.8) is 0 Å². The number of nitrogens with zero attached hydrogens (tertiary/aromatic N) is 2. The summed E-state index contributed by atoms with van der Waals surface area (Å²) in [7, 11) is 1.66. The Morgan fingerprint density at radius 3 is 2.50 bits per heavy atom. The van der Waals surface area contributed by atoms with Crippen LogP contribution in [0.2, 0.25) is 0 Å². The van der Waals surface area contributed by atoms with Crippen LogP contribution in [0.1, 0.15) is 33.3 Å². The van der Waals surface area contributed by atoms with Crippen molar-refractivity contribution in [1.82, 2.24) is 15.5 Å². The lowest BCUT2D eigenvalue weighted by molar-refractivity contribution is 0.00752. The number of rotatable bonds is 10. The Balaban J connectivity index is 0.00000450. The van der Waals surface area contributed by atoms with Gasteiger partial charge >= 0.3 is 0 Å². The molecule has 1 unspecified atom stereocenters. The van der Waals surface area contributed by atoms with Gasteiger partial charge in [0.15, 0.2) is 17.5 Å². The maximum atomic E-state index is 5.59. The van der Waals surface area contributed by atoms with Crippen LogP contribution in [-0.2, 0) is 11.3 Å². The molecule has 0 bridgehead atoms. The largest absolute Gasteiger partial charge is 0.493 e. The summed E-state index contributed by atoms with van der Waals surface area (Å²) in [6.07, 6.45) is 0. The van der Waals surface area contributed by atoms with Crippen molar-refractivity contribution in [2.24, 2.45) is 10.9 Å². The third-order valence-electron chi connectivity index (χ3n) is 5.05. The molecule has 172 valence electrons. The molecule has 2 N–H and O–H groups in total. The summed E-state index contributed by atoms with van der Waals surface area (Å²) < 4.78 is 16.5. The van der Waals surface area contributed by atoms with E-state index in [4.69, 9.17) is 19.2 Å². The van der Waals surface area contributed by atoms with E-state index >= 15 is 0 Å². The van der Waals surface area contributed by atoms with Gasteiger partial charge in [0.05, 0.1) is 33.5 Å². The van der Waals surface area contributed by atoms with Gasteiger partial charge in [-0.15, -0.1) is 24.0 Å². The van der Waals surface area contributed by atoms with Crippen molar-refractivity contribution in [2.45, 2.75) is 40.3 Å². The number of methoxy groups -OCH3 is 1. The SMILES string of the molecule is CCNC(=NCc1ccc(OCC)c(OC)c1)NCC(C(C)C)N1CCOCC1.I. The van der Waals surface area contributed by atoms with Crippen molar-refractivity contribution in [1.29, 1.82) is 0 Å². The quantitative estimate of drug-likeness (QED) is 0.273. The van der Waals surface area contributed by atoms with E-state index in [-0.39, 0.29) is 24.0 Å². The molecule has 0 amide bonds. The molecule has 1 aromatic rings. The molecule has 0 aromatic heterocycles. The highest BCUT2D eigenvalue weighted by molar-refractivity contribution is 14.0. The zero-order valence-corrected chi connectivity index (χ0v) is 21.4. The van der Waals surface area contributed by atoms with E-state index in [2.05, 4.69) is 36.3 Å². The average Bonchev–Trinajstić information content (AvgIpc) is 2.73. The lowest BCUT2D eigenvalue weighted by Gasteiger charge is -2.37. The molecule has 0 spiro atoms. The second-order valence-electron chi connectivity index (χ2n) is 7.45. The molecule has 1 aliphatic heterocycles. The molecule has 1 atom stereocenters. The summed E-state index contributed by atoms with van der Waals surface area (Å²) >= 11 is 0. The minimum Gasteiger partial charge on any atom is -0.493 e. The molecular formula is C22H39IN4O3. The number of guanidine groups is 1. The number of ether oxygens (including phenoxy) is 3. The number of hydrogen-bond donors (Lipinski definition) is 2. The number of halogens is 1. The van der Waals surface area contributed by atoms with Gasteiger partial charge in [-0.2, -0.15) is 0 Å². The van der Waals surface area contributed by atoms with Crippen LogP contribution in [0.15, 0.2) is 23.2 Å². The van der Waals surface area contributed by atoms with Crippen molar-refractivity contribution >= 4 is 29.9 Å². The minimum atomic E-state index is 0. The van der Waals surface area contributed by atoms with Gasteiger partial charge in [-0.05, 0) is 37.5 Å². The fourth-order valence-electron chi connectivity index (χ4n) is 3.49. The van der Waals surface area contributed by atoms with Gasteiger partial charge in [0.2, 0.25) is 0 Å². The predicted octanol–water partition coefficient (Wildman–Crippen LogP) is 3.12. The summed E-state index contributed by atoms with van der Waals surface area (Å²) in [4.78, 5) is 7.28. The number of hydrogen-bond acceptors (Lipinski definition) is 5. The molecule has 1 fully saturated rings. The van der Waals surface area contributed by atoms with E-state index in [9.17, 15) is 0 Å². The van der Waals surface area contributed by atoms with Gasteiger partial charge in [0, 0.05) is 32.2 Å². The normalized spacial score (nSPS) is 16.0. The zero-order valence-electron chi connectivity index (χ0n) is 19.1. The first-order chi connectivity index (χ1) is 14.1. The Bertz CT molecular complexity index is 637. The Kier molecular flexibility index (Phi) is 13.1. The Morgan fingerprint density at radius 1 is 1.17 bits per heavy atom. The van der Waals surface area contributed by atoms with Crippen LogP contribution in [0.25, 0.3) is 0 Å². The maximum absolute atomic E-state index is 5.59. The van der Waals surface area contributed by atoms with Crippen LogP contribution >= 0.6 is 24.0 Å². The highest BCUT2D eigenvalue weighted by Crippen LogP contribution is 2.28. The van der Waals surface area contributed by atoms with Crippen LogP contribution in [0, 0.1) is 5.92 Å². The molecule has 0 aliphatic carbocycles. The molecule has 0 saturated carbocycles. The Labute approximate surface area is 199 Å². The summed E-state index contributed by atoms with van der Waals surface area (Å²) in [5, 5.41) is 6.88. The lowest BCUT2D eigenvalue weighted by atomic mass is 10.0. The van der Waals surface area contributed by atoms with Crippen molar-refractivity contribution < 1.29 is 14.2 Å². The van der Waals surface area contributed by atoms with Crippen molar-refractivity contribution in [3.05, 3.63) is 23.8 Å². The van der Waals surface area contributed by atoms with Crippen LogP contribution in [0.4, 0.5) is 0 Å². The molecular weight excluding hydrogens is 495 g/mol. The second-order valence-corrected chi connectivity index (χ2v) is 7.45. The van der Waals surface area contributed by atoms with E-state index in [0.29, 0.717) is 25.1 Å². The van der Waals surface area contributed by atoms with E-state index in [1.807, 2.05) is 25.1 Å². The smallest absolute Gasteiger partial charge is 0.191 e. The molecule has 30 heavy (non-hydrogen) atoms. The van der Waals surface area contributed by atoms with Gasteiger partial charge in [-0.1, -0.05) is 19.9 Å². The molecule has 0 radical (unpaired) electrons. The molecule has 2 rings (SSSR count). The lowest BCUT2D eigenvalue weighted by Crippen LogP contribution is -2.52. The predicted molar refractivity (Wildman–Crippen MR) is 133 cm³/mol. The van der Waals surface area contributed by atoms with Gasteiger partial charge < -0.3 is 24.8 Å². The molecule has 7 nitrogen and oxygen atoms in total. The third kappa shape index (κ3) is 8.47. The molecule has 8 heteroatoms. The minimum absolute atomic E-state index is 0. The first kappa shape index (κ1) is 26.8. The first-order valence-electron chi connectivity index (χ1n) is 10.7. The average molecular weight is 534 g/mol. The van der Waals surface area contributed by atoms with E-state index < -0.39 is 0 Å². The van der Waals surface area contributed by atoms with Gasteiger partial charge in [-0.3, -0.25) is 4.90 Å². The first-order valence-corrected chi connectivity index (χ1v) is 10.7. The summed E-state index contributed by atoms with van der Waals surface area (Å²) in [5.74, 6) is 2.89. The summed E-state index contributed by atoms with van der Waals surface area (Å²) in [5.41, 5.74) is 1.08. The fourth-order valence-corrected chi connectivity index (χ4v) is 3.49. The van der Waals surface area contributed by atoms with Crippen LogP contribution in [0.5, 0.6) is 11.5 Å². The van der Waals surface area contributed by atoms with Crippen LogP contribution < -0.4 is 20.1 Å². The van der Waals surface area contributed by atoms with Crippen LogP contribution in [0.3, 0.4) is 0 Å². The topological polar surface area (TPSA) is 67.4 Å². The summed E-state index contributed by atoms with van der Waals surface area (Å²) in [6.45, 7) is 15.1. The highest BCUT2D eigenvalue weighted by Gasteiger charge is 2.23. The monoisotopic (exact) mass is 534 g/mol.